The third-order valence-corrected chi connectivity index (χ3v) is 5.15. The molecule has 1 aliphatic rings. The topological polar surface area (TPSA) is 46.5 Å². The summed E-state index contributed by atoms with van der Waals surface area (Å²) in [6, 6.07) is 24.2. The predicted octanol–water partition coefficient (Wildman–Crippen LogP) is 4.27. The Kier molecular flexibility index (Phi) is 5.14. The lowest BCUT2D eigenvalue weighted by molar-refractivity contribution is 0.0663. The van der Waals surface area contributed by atoms with Crippen LogP contribution in [0.2, 0.25) is 0 Å². The maximum Gasteiger partial charge on any atom is 0.188 e. The first-order valence-electron chi connectivity index (χ1n) is 9.26. The summed E-state index contributed by atoms with van der Waals surface area (Å²) in [6.07, 6.45) is 1.89. The Hall–Kier alpha value is -2.75. The lowest BCUT2D eigenvalue weighted by atomic mass is 9.97. The molecule has 0 aliphatic heterocycles. The van der Waals surface area contributed by atoms with Gasteiger partial charge < -0.3 is 9.84 Å². The number of ketones is 1. The zero-order chi connectivity index (χ0) is 18.6. The highest BCUT2D eigenvalue weighted by Crippen LogP contribution is 2.35. The molecule has 0 aromatic heterocycles. The van der Waals surface area contributed by atoms with E-state index < -0.39 is 6.61 Å². The molecule has 0 amide bonds. The third kappa shape index (κ3) is 3.70. The Morgan fingerprint density at radius 1 is 0.889 bits per heavy atom. The molecule has 136 valence electrons. The number of hydrogen-bond acceptors (Lipinski definition) is 3. The molecule has 0 unspecified atom stereocenters. The molecule has 4 rings (SSSR count). The van der Waals surface area contributed by atoms with Gasteiger partial charge >= 0.3 is 0 Å². The highest BCUT2D eigenvalue weighted by molar-refractivity contribution is 5.97. The van der Waals surface area contributed by atoms with Crippen LogP contribution < -0.4 is 0 Å². The van der Waals surface area contributed by atoms with Gasteiger partial charge in [-0.05, 0) is 46.7 Å². The number of benzene rings is 3. The second-order valence-electron chi connectivity index (χ2n) is 6.87. The van der Waals surface area contributed by atoms with E-state index in [0.717, 1.165) is 18.4 Å². The molecule has 3 heteroatoms. The van der Waals surface area contributed by atoms with Gasteiger partial charge in [0.15, 0.2) is 5.78 Å². The van der Waals surface area contributed by atoms with E-state index in [2.05, 4.69) is 48.5 Å². The van der Waals surface area contributed by atoms with E-state index in [9.17, 15) is 4.79 Å². The molecule has 3 aromatic carbocycles. The standard InChI is InChI=1S/C24H22O3/c25-15-23(26)20-9-5-6-17(14-20)16-27-24-21-10-3-1-7-18(21)12-13-19-8-2-4-11-22(19)24/h1-11,14,24-25H,12-13,15-16H2. The van der Waals surface area contributed by atoms with E-state index in [1.54, 1.807) is 12.1 Å². The Bertz CT molecular complexity index is 914. The summed E-state index contributed by atoms with van der Waals surface area (Å²) >= 11 is 0. The van der Waals surface area contributed by atoms with Crippen LogP contribution in [-0.2, 0) is 24.2 Å². The summed E-state index contributed by atoms with van der Waals surface area (Å²) in [4.78, 5) is 11.8. The number of aryl methyl sites for hydroxylation is 2. The minimum absolute atomic E-state index is 0.128. The second-order valence-corrected chi connectivity index (χ2v) is 6.87. The Morgan fingerprint density at radius 2 is 1.52 bits per heavy atom. The molecule has 0 saturated carbocycles. The van der Waals surface area contributed by atoms with Gasteiger partial charge in [-0.3, -0.25) is 4.79 Å². The molecule has 0 heterocycles. The Morgan fingerprint density at radius 3 is 2.15 bits per heavy atom. The average Bonchev–Trinajstić information content (AvgIpc) is 2.89. The highest BCUT2D eigenvalue weighted by atomic mass is 16.5. The van der Waals surface area contributed by atoms with Gasteiger partial charge in [-0.1, -0.05) is 66.7 Å². The first-order valence-corrected chi connectivity index (χ1v) is 9.26. The van der Waals surface area contributed by atoms with Crippen molar-refractivity contribution in [2.75, 3.05) is 6.61 Å². The van der Waals surface area contributed by atoms with E-state index in [4.69, 9.17) is 9.84 Å². The van der Waals surface area contributed by atoms with Crippen LogP contribution in [0.3, 0.4) is 0 Å². The van der Waals surface area contributed by atoms with Crippen LogP contribution in [-0.4, -0.2) is 17.5 Å². The van der Waals surface area contributed by atoms with Crippen molar-refractivity contribution >= 4 is 5.78 Å². The van der Waals surface area contributed by atoms with Crippen molar-refractivity contribution in [3.8, 4) is 0 Å². The van der Waals surface area contributed by atoms with E-state index in [1.165, 1.54) is 22.3 Å². The van der Waals surface area contributed by atoms with Crippen molar-refractivity contribution in [2.24, 2.45) is 0 Å². The van der Waals surface area contributed by atoms with Gasteiger partial charge in [0.05, 0.1) is 6.61 Å². The molecule has 3 nitrogen and oxygen atoms in total. The maximum atomic E-state index is 11.8. The molecule has 0 atom stereocenters. The molecule has 0 fully saturated rings. The number of ether oxygens (including phenoxy) is 1. The molecule has 1 aliphatic carbocycles. The van der Waals surface area contributed by atoms with Crippen molar-refractivity contribution in [2.45, 2.75) is 25.6 Å². The fraction of sp³-hybridized carbons (Fsp3) is 0.208. The summed E-state index contributed by atoms with van der Waals surface area (Å²) < 4.78 is 6.40. The van der Waals surface area contributed by atoms with E-state index in [-0.39, 0.29) is 11.9 Å². The van der Waals surface area contributed by atoms with Gasteiger partial charge in [0.1, 0.15) is 12.7 Å². The van der Waals surface area contributed by atoms with Crippen LogP contribution in [0, 0.1) is 0 Å². The zero-order valence-corrected chi connectivity index (χ0v) is 15.1. The van der Waals surface area contributed by atoms with Gasteiger partial charge in [0.2, 0.25) is 0 Å². The van der Waals surface area contributed by atoms with Gasteiger partial charge in [-0.2, -0.15) is 0 Å². The number of aliphatic hydroxyl groups is 1. The summed E-state index contributed by atoms with van der Waals surface area (Å²) in [7, 11) is 0. The number of Topliss-reactive ketones (excluding diaryl/α,β-unsaturated/α-hetero) is 1. The minimum atomic E-state index is -0.478. The highest BCUT2D eigenvalue weighted by Gasteiger charge is 2.23. The fourth-order valence-corrected chi connectivity index (χ4v) is 3.76. The molecular weight excluding hydrogens is 336 g/mol. The number of hydrogen-bond donors (Lipinski definition) is 1. The van der Waals surface area contributed by atoms with Crippen molar-refractivity contribution in [3.63, 3.8) is 0 Å². The number of rotatable bonds is 5. The molecule has 0 radical (unpaired) electrons. The summed E-state index contributed by atoms with van der Waals surface area (Å²) in [5.74, 6) is -0.276. The SMILES string of the molecule is O=C(CO)c1cccc(COC2c3ccccc3CCc3ccccc32)c1. The zero-order valence-electron chi connectivity index (χ0n) is 15.1. The maximum absolute atomic E-state index is 11.8. The van der Waals surface area contributed by atoms with Crippen LogP contribution in [0.4, 0.5) is 0 Å². The van der Waals surface area contributed by atoms with Gasteiger partial charge in [-0.15, -0.1) is 0 Å². The molecular formula is C24H22O3. The quantitative estimate of drug-likeness (QED) is 0.693. The third-order valence-electron chi connectivity index (χ3n) is 5.15. The normalized spacial score (nSPS) is 13.5. The summed E-state index contributed by atoms with van der Waals surface area (Å²) in [6.45, 7) is -0.0758. The first kappa shape index (κ1) is 17.7. The number of aliphatic hydroxyl groups excluding tert-OH is 1. The second kappa shape index (κ2) is 7.87. The Balaban J connectivity index is 1.65. The molecule has 3 aromatic rings. The van der Waals surface area contributed by atoms with Gasteiger partial charge in [0.25, 0.3) is 0 Å². The van der Waals surface area contributed by atoms with Gasteiger partial charge in [-0.25, -0.2) is 0 Å². The monoisotopic (exact) mass is 358 g/mol. The molecule has 0 bridgehead atoms. The molecule has 0 saturated heterocycles. The molecule has 1 N–H and O–H groups in total. The van der Waals surface area contributed by atoms with Crippen LogP contribution >= 0.6 is 0 Å². The van der Waals surface area contributed by atoms with Crippen LogP contribution in [0.15, 0.2) is 72.8 Å². The Labute approximate surface area is 159 Å². The van der Waals surface area contributed by atoms with Crippen molar-refractivity contribution < 1.29 is 14.6 Å². The van der Waals surface area contributed by atoms with E-state index in [0.29, 0.717) is 12.2 Å². The van der Waals surface area contributed by atoms with E-state index in [1.807, 2.05) is 12.1 Å². The van der Waals surface area contributed by atoms with Crippen LogP contribution in [0.5, 0.6) is 0 Å². The summed E-state index contributed by atoms with van der Waals surface area (Å²) in [5.41, 5.74) is 6.51. The van der Waals surface area contributed by atoms with Crippen LogP contribution in [0.25, 0.3) is 0 Å². The predicted molar refractivity (Wildman–Crippen MR) is 105 cm³/mol. The van der Waals surface area contributed by atoms with Crippen molar-refractivity contribution in [1.29, 1.82) is 0 Å². The van der Waals surface area contributed by atoms with Crippen LogP contribution in [0.1, 0.15) is 44.3 Å². The molecule has 0 spiro atoms. The lowest BCUT2D eigenvalue weighted by Crippen LogP contribution is -2.09. The van der Waals surface area contributed by atoms with E-state index >= 15 is 0 Å². The smallest absolute Gasteiger partial charge is 0.188 e. The summed E-state index contributed by atoms with van der Waals surface area (Å²) in [5, 5.41) is 9.08. The van der Waals surface area contributed by atoms with Crippen molar-refractivity contribution in [3.05, 3.63) is 106 Å². The number of carbonyl (C=O) groups excluding carboxylic acids is 1. The first-order chi connectivity index (χ1) is 13.3. The lowest BCUT2D eigenvalue weighted by Gasteiger charge is -2.21. The number of carbonyl (C=O) groups is 1. The van der Waals surface area contributed by atoms with Gasteiger partial charge in [0, 0.05) is 5.56 Å². The largest absolute Gasteiger partial charge is 0.388 e. The van der Waals surface area contributed by atoms with Crippen molar-refractivity contribution in [1.82, 2.24) is 0 Å². The minimum Gasteiger partial charge on any atom is -0.388 e. The molecule has 27 heavy (non-hydrogen) atoms. The average molecular weight is 358 g/mol. The fourth-order valence-electron chi connectivity index (χ4n) is 3.76. The number of fused-ring (bicyclic) bond motifs is 2.